The van der Waals surface area contributed by atoms with Gasteiger partial charge in [0, 0.05) is 32.5 Å². The molecule has 1 rings (SSSR count). The molecule has 1 saturated heterocycles. The van der Waals surface area contributed by atoms with Crippen LogP contribution in [0.25, 0.3) is 0 Å². The van der Waals surface area contributed by atoms with Gasteiger partial charge in [-0.05, 0) is 20.9 Å². The van der Waals surface area contributed by atoms with Gasteiger partial charge in [-0.25, -0.2) is 0 Å². The molecule has 1 aliphatic rings. The first-order valence-electron chi connectivity index (χ1n) is 5.54. The Kier molecular flexibility index (Phi) is 4.04. The van der Waals surface area contributed by atoms with E-state index in [4.69, 9.17) is 0 Å². The molecule has 0 unspecified atom stereocenters. The number of aliphatic hydroxyl groups is 1. The molecule has 16 heavy (non-hydrogen) atoms. The molecule has 0 aliphatic carbocycles. The van der Waals surface area contributed by atoms with Crippen molar-refractivity contribution in [2.24, 2.45) is 0 Å². The maximum atomic E-state index is 11.3. The SMILES string of the molecule is CN(CCN1C(=O)CCC1=O)CC(C)(C)O. The smallest absolute Gasteiger partial charge is 0.229 e. The van der Waals surface area contributed by atoms with E-state index in [1.165, 1.54) is 4.90 Å². The predicted octanol–water partition coefficient (Wildman–Crippen LogP) is -0.162. The summed E-state index contributed by atoms with van der Waals surface area (Å²) in [5, 5.41) is 9.59. The molecule has 0 saturated carbocycles. The summed E-state index contributed by atoms with van der Waals surface area (Å²) in [6, 6.07) is 0. The fraction of sp³-hybridized carbons (Fsp3) is 0.818. The summed E-state index contributed by atoms with van der Waals surface area (Å²) in [6.45, 7) is 5.00. The molecule has 2 amide bonds. The Balaban J connectivity index is 2.34. The quantitative estimate of drug-likeness (QED) is 0.664. The van der Waals surface area contributed by atoms with Gasteiger partial charge in [-0.1, -0.05) is 0 Å². The van der Waals surface area contributed by atoms with Gasteiger partial charge in [-0.2, -0.15) is 0 Å². The van der Waals surface area contributed by atoms with Gasteiger partial charge in [0.2, 0.25) is 11.8 Å². The lowest BCUT2D eigenvalue weighted by Crippen LogP contribution is -2.41. The van der Waals surface area contributed by atoms with Crippen molar-refractivity contribution in [2.75, 3.05) is 26.7 Å². The molecular weight excluding hydrogens is 208 g/mol. The highest BCUT2D eigenvalue weighted by Gasteiger charge is 2.28. The highest BCUT2D eigenvalue weighted by molar-refractivity contribution is 6.01. The topological polar surface area (TPSA) is 60.9 Å². The Labute approximate surface area is 96.0 Å². The van der Waals surface area contributed by atoms with Gasteiger partial charge in [0.05, 0.1) is 5.60 Å². The van der Waals surface area contributed by atoms with E-state index in [1.807, 2.05) is 11.9 Å². The zero-order chi connectivity index (χ0) is 12.3. The number of likely N-dealkylation sites (N-methyl/N-ethyl adjacent to an activating group) is 1. The zero-order valence-electron chi connectivity index (χ0n) is 10.2. The monoisotopic (exact) mass is 228 g/mol. The first-order valence-corrected chi connectivity index (χ1v) is 5.54. The van der Waals surface area contributed by atoms with Crippen molar-refractivity contribution in [3.63, 3.8) is 0 Å². The normalized spacial score (nSPS) is 17.7. The van der Waals surface area contributed by atoms with E-state index in [0.29, 0.717) is 32.5 Å². The van der Waals surface area contributed by atoms with Crippen LogP contribution in [0.15, 0.2) is 0 Å². The minimum absolute atomic E-state index is 0.0818. The third-order valence-electron chi connectivity index (χ3n) is 2.52. The second-order valence-electron chi connectivity index (χ2n) is 4.99. The van der Waals surface area contributed by atoms with Gasteiger partial charge >= 0.3 is 0 Å². The van der Waals surface area contributed by atoms with Gasteiger partial charge in [0.15, 0.2) is 0 Å². The minimum atomic E-state index is -0.756. The van der Waals surface area contributed by atoms with Crippen LogP contribution in [0.3, 0.4) is 0 Å². The number of likely N-dealkylation sites (tertiary alicyclic amines) is 1. The highest BCUT2D eigenvalue weighted by Crippen LogP contribution is 2.11. The number of carbonyl (C=O) groups is 2. The van der Waals surface area contributed by atoms with E-state index in [0.717, 1.165) is 0 Å². The summed E-state index contributed by atoms with van der Waals surface area (Å²) in [5.41, 5.74) is -0.756. The number of rotatable bonds is 5. The fourth-order valence-corrected chi connectivity index (χ4v) is 1.88. The van der Waals surface area contributed by atoms with Crippen LogP contribution in [-0.4, -0.2) is 59.0 Å². The van der Waals surface area contributed by atoms with Crippen molar-refractivity contribution in [3.05, 3.63) is 0 Å². The van der Waals surface area contributed by atoms with Crippen LogP contribution in [-0.2, 0) is 9.59 Å². The van der Waals surface area contributed by atoms with Gasteiger partial charge in [-0.15, -0.1) is 0 Å². The van der Waals surface area contributed by atoms with Crippen LogP contribution in [0.4, 0.5) is 0 Å². The number of imide groups is 1. The lowest BCUT2D eigenvalue weighted by Gasteiger charge is -2.26. The van der Waals surface area contributed by atoms with Crippen LogP contribution in [0.5, 0.6) is 0 Å². The fourth-order valence-electron chi connectivity index (χ4n) is 1.88. The molecule has 0 aromatic rings. The van der Waals surface area contributed by atoms with Gasteiger partial charge in [0.25, 0.3) is 0 Å². The Bertz CT molecular complexity index is 267. The molecule has 0 radical (unpaired) electrons. The molecule has 0 aromatic carbocycles. The summed E-state index contributed by atoms with van der Waals surface area (Å²) >= 11 is 0. The maximum Gasteiger partial charge on any atom is 0.229 e. The second kappa shape index (κ2) is 4.93. The highest BCUT2D eigenvalue weighted by atomic mass is 16.3. The Morgan fingerprint density at radius 2 is 1.81 bits per heavy atom. The van der Waals surface area contributed by atoms with Crippen molar-refractivity contribution in [1.29, 1.82) is 0 Å². The molecule has 5 heteroatoms. The van der Waals surface area contributed by atoms with Crippen molar-refractivity contribution >= 4 is 11.8 Å². The molecule has 92 valence electrons. The molecule has 0 spiro atoms. The largest absolute Gasteiger partial charge is 0.389 e. The molecule has 1 aliphatic heterocycles. The van der Waals surface area contributed by atoms with Crippen molar-refractivity contribution in [1.82, 2.24) is 9.80 Å². The molecular formula is C11H20N2O3. The summed E-state index contributed by atoms with van der Waals surface area (Å²) in [4.78, 5) is 25.9. The van der Waals surface area contributed by atoms with E-state index >= 15 is 0 Å². The van der Waals surface area contributed by atoms with Gasteiger partial charge < -0.3 is 10.0 Å². The number of hydrogen-bond acceptors (Lipinski definition) is 4. The zero-order valence-corrected chi connectivity index (χ0v) is 10.2. The molecule has 0 bridgehead atoms. The van der Waals surface area contributed by atoms with Gasteiger partial charge in [0.1, 0.15) is 0 Å². The van der Waals surface area contributed by atoms with Crippen LogP contribution >= 0.6 is 0 Å². The summed E-state index contributed by atoms with van der Waals surface area (Å²) in [6.07, 6.45) is 0.683. The standard InChI is InChI=1S/C11H20N2O3/c1-11(2,16)8-12(3)6-7-13-9(14)4-5-10(13)15/h16H,4-8H2,1-3H3. The van der Waals surface area contributed by atoms with E-state index in [1.54, 1.807) is 13.8 Å². The van der Waals surface area contributed by atoms with E-state index in [-0.39, 0.29) is 11.8 Å². The van der Waals surface area contributed by atoms with E-state index in [2.05, 4.69) is 0 Å². The van der Waals surface area contributed by atoms with Crippen molar-refractivity contribution < 1.29 is 14.7 Å². The molecule has 0 atom stereocenters. The third-order valence-corrected chi connectivity index (χ3v) is 2.52. The predicted molar refractivity (Wildman–Crippen MR) is 59.7 cm³/mol. The second-order valence-corrected chi connectivity index (χ2v) is 4.99. The number of nitrogens with zero attached hydrogens (tertiary/aromatic N) is 2. The summed E-state index contributed by atoms with van der Waals surface area (Å²) in [5.74, 6) is -0.164. The first-order chi connectivity index (χ1) is 7.29. The van der Waals surface area contributed by atoms with Crippen LogP contribution in [0, 0.1) is 0 Å². The number of amides is 2. The molecule has 1 heterocycles. The van der Waals surface area contributed by atoms with E-state index in [9.17, 15) is 14.7 Å². The van der Waals surface area contributed by atoms with Crippen molar-refractivity contribution in [3.8, 4) is 0 Å². The van der Waals surface area contributed by atoms with Gasteiger partial charge in [-0.3, -0.25) is 14.5 Å². The van der Waals surface area contributed by atoms with Crippen LogP contribution in [0.2, 0.25) is 0 Å². The number of hydrogen-bond donors (Lipinski definition) is 1. The molecule has 0 aromatic heterocycles. The van der Waals surface area contributed by atoms with Crippen LogP contribution in [0.1, 0.15) is 26.7 Å². The lowest BCUT2D eigenvalue weighted by molar-refractivity contribution is -0.138. The Morgan fingerprint density at radius 3 is 2.25 bits per heavy atom. The third kappa shape index (κ3) is 3.90. The first kappa shape index (κ1) is 13.1. The molecule has 5 nitrogen and oxygen atoms in total. The minimum Gasteiger partial charge on any atom is -0.389 e. The Morgan fingerprint density at radius 1 is 1.31 bits per heavy atom. The Hall–Kier alpha value is -0.940. The van der Waals surface area contributed by atoms with Crippen LogP contribution < -0.4 is 0 Å². The lowest BCUT2D eigenvalue weighted by atomic mass is 10.1. The maximum absolute atomic E-state index is 11.3. The van der Waals surface area contributed by atoms with Crippen molar-refractivity contribution in [2.45, 2.75) is 32.3 Å². The molecule has 1 N–H and O–H groups in total. The summed E-state index contributed by atoms with van der Waals surface area (Å²) < 4.78 is 0. The average molecular weight is 228 g/mol. The average Bonchev–Trinajstić information content (AvgIpc) is 2.41. The van der Waals surface area contributed by atoms with E-state index < -0.39 is 5.60 Å². The summed E-state index contributed by atoms with van der Waals surface area (Å²) in [7, 11) is 1.86. The number of carbonyl (C=O) groups excluding carboxylic acids is 2. The molecule has 1 fully saturated rings.